The maximum absolute atomic E-state index is 10.5. The molecule has 0 atom stereocenters. The zero-order valence-corrected chi connectivity index (χ0v) is 9.40. The molecule has 0 spiro atoms. The fourth-order valence-electron chi connectivity index (χ4n) is 1.90. The molecule has 0 aliphatic carbocycles. The predicted molar refractivity (Wildman–Crippen MR) is 57.9 cm³/mol. The standard InChI is InChI=1S/C11H19NO3/c1-9(7-11(13)14)8-12(2)10-3-5-15-6-4-10/h7,10H,3-6,8H2,1-2H3,(H,13,14). The molecule has 86 valence electrons. The van der Waals surface area contributed by atoms with E-state index in [1.807, 2.05) is 14.0 Å². The van der Waals surface area contributed by atoms with Crippen molar-refractivity contribution in [3.63, 3.8) is 0 Å². The van der Waals surface area contributed by atoms with Crippen LogP contribution in [0.1, 0.15) is 19.8 Å². The van der Waals surface area contributed by atoms with Crippen LogP contribution in [-0.4, -0.2) is 48.8 Å². The molecule has 1 saturated heterocycles. The van der Waals surface area contributed by atoms with Gasteiger partial charge in [-0.15, -0.1) is 0 Å². The fourth-order valence-corrected chi connectivity index (χ4v) is 1.90. The Morgan fingerprint density at radius 1 is 1.53 bits per heavy atom. The van der Waals surface area contributed by atoms with E-state index in [1.165, 1.54) is 6.08 Å². The summed E-state index contributed by atoms with van der Waals surface area (Å²) in [5, 5.41) is 8.59. The molecule has 0 bridgehead atoms. The Hall–Kier alpha value is -0.870. The van der Waals surface area contributed by atoms with Gasteiger partial charge in [0.25, 0.3) is 0 Å². The smallest absolute Gasteiger partial charge is 0.328 e. The Balaban J connectivity index is 2.39. The number of nitrogens with zero attached hydrogens (tertiary/aromatic N) is 1. The van der Waals surface area contributed by atoms with Crippen LogP contribution < -0.4 is 0 Å². The molecule has 0 aromatic rings. The van der Waals surface area contributed by atoms with Crippen LogP contribution in [0.4, 0.5) is 0 Å². The summed E-state index contributed by atoms with van der Waals surface area (Å²) in [6.45, 7) is 4.20. The highest BCUT2D eigenvalue weighted by Crippen LogP contribution is 2.13. The zero-order valence-electron chi connectivity index (χ0n) is 9.40. The van der Waals surface area contributed by atoms with Crippen molar-refractivity contribution >= 4 is 5.97 Å². The first kappa shape index (κ1) is 12.2. The summed E-state index contributed by atoms with van der Waals surface area (Å²) in [7, 11) is 2.04. The number of rotatable bonds is 4. The van der Waals surface area contributed by atoms with Crippen LogP contribution >= 0.6 is 0 Å². The predicted octanol–water partition coefficient (Wildman–Crippen LogP) is 1.13. The van der Waals surface area contributed by atoms with E-state index in [2.05, 4.69) is 4.90 Å². The van der Waals surface area contributed by atoms with Gasteiger partial charge < -0.3 is 9.84 Å². The lowest BCUT2D eigenvalue weighted by Gasteiger charge is -2.31. The van der Waals surface area contributed by atoms with Crippen LogP contribution in [0.15, 0.2) is 11.6 Å². The molecule has 0 saturated carbocycles. The van der Waals surface area contributed by atoms with Crippen molar-refractivity contribution in [2.24, 2.45) is 0 Å². The van der Waals surface area contributed by atoms with Gasteiger partial charge in [0.05, 0.1) is 0 Å². The third-order valence-electron chi connectivity index (χ3n) is 2.68. The van der Waals surface area contributed by atoms with Crippen molar-refractivity contribution in [1.29, 1.82) is 0 Å². The maximum Gasteiger partial charge on any atom is 0.328 e. The first-order valence-electron chi connectivity index (χ1n) is 5.27. The molecule has 1 fully saturated rings. The average Bonchev–Trinajstić information content (AvgIpc) is 2.17. The highest BCUT2D eigenvalue weighted by Gasteiger charge is 2.18. The van der Waals surface area contributed by atoms with Crippen LogP contribution in [0.25, 0.3) is 0 Å². The van der Waals surface area contributed by atoms with Crippen LogP contribution in [0.2, 0.25) is 0 Å². The molecule has 0 amide bonds. The molecule has 0 aromatic carbocycles. The number of carboxylic acid groups (broad SMARTS) is 1. The molecular weight excluding hydrogens is 194 g/mol. The van der Waals surface area contributed by atoms with Gasteiger partial charge in [-0.05, 0) is 26.8 Å². The number of carbonyl (C=O) groups is 1. The Morgan fingerprint density at radius 2 is 2.13 bits per heavy atom. The third-order valence-corrected chi connectivity index (χ3v) is 2.68. The van der Waals surface area contributed by atoms with Gasteiger partial charge in [-0.25, -0.2) is 4.79 Å². The van der Waals surface area contributed by atoms with Gasteiger partial charge in [-0.2, -0.15) is 0 Å². The molecule has 1 heterocycles. The lowest BCUT2D eigenvalue weighted by atomic mass is 10.1. The van der Waals surface area contributed by atoms with Crippen molar-refractivity contribution in [1.82, 2.24) is 4.90 Å². The van der Waals surface area contributed by atoms with Crippen molar-refractivity contribution in [3.8, 4) is 0 Å². The summed E-state index contributed by atoms with van der Waals surface area (Å²) in [5.74, 6) is -0.868. The zero-order chi connectivity index (χ0) is 11.3. The molecule has 1 rings (SSSR count). The van der Waals surface area contributed by atoms with Crippen LogP contribution in [0.3, 0.4) is 0 Å². The molecule has 1 aliphatic rings. The van der Waals surface area contributed by atoms with Crippen LogP contribution in [-0.2, 0) is 9.53 Å². The highest BCUT2D eigenvalue weighted by atomic mass is 16.5. The van der Waals surface area contributed by atoms with Gasteiger partial charge >= 0.3 is 5.97 Å². The van der Waals surface area contributed by atoms with Crippen molar-refractivity contribution in [2.75, 3.05) is 26.8 Å². The van der Waals surface area contributed by atoms with E-state index in [0.717, 1.165) is 38.2 Å². The topological polar surface area (TPSA) is 49.8 Å². The number of carboxylic acids is 1. The van der Waals surface area contributed by atoms with Crippen molar-refractivity contribution in [2.45, 2.75) is 25.8 Å². The fraction of sp³-hybridized carbons (Fsp3) is 0.727. The average molecular weight is 213 g/mol. The summed E-state index contributed by atoms with van der Waals surface area (Å²) >= 11 is 0. The molecular formula is C11H19NO3. The Bertz CT molecular complexity index is 244. The lowest BCUT2D eigenvalue weighted by Crippen LogP contribution is -2.37. The molecule has 0 unspecified atom stereocenters. The number of hydrogen-bond acceptors (Lipinski definition) is 3. The SMILES string of the molecule is CC(=CC(=O)O)CN(C)C1CCOCC1. The van der Waals surface area contributed by atoms with Gasteiger partial charge in [-0.1, -0.05) is 5.57 Å². The monoisotopic (exact) mass is 213 g/mol. The second-order valence-electron chi connectivity index (χ2n) is 4.09. The molecule has 4 nitrogen and oxygen atoms in total. The summed E-state index contributed by atoms with van der Waals surface area (Å²) < 4.78 is 5.28. The summed E-state index contributed by atoms with van der Waals surface area (Å²) in [6.07, 6.45) is 3.35. The summed E-state index contributed by atoms with van der Waals surface area (Å²) in [5.41, 5.74) is 0.886. The summed E-state index contributed by atoms with van der Waals surface area (Å²) in [4.78, 5) is 12.7. The van der Waals surface area contributed by atoms with Crippen molar-refractivity contribution < 1.29 is 14.6 Å². The van der Waals surface area contributed by atoms with Gasteiger partial charge in [-0.3, -0.25) is 4.90 Å². The van der Waals surface area contributed by atoms with E-state index >= 15 is 0 Å². The molecule has 1 aliphatic heterocycles. The van der Waals surface area contributed by atoms with E-state index in [4.69, 9.17) is 9.84 Å². The van der Waals surface area contributed by atoms with E-state index in [-0.39, 0.29) is 0 Å². The first-order chi connectivity index (χ1) is 7.09. The lowest BCUT2D eigenvalue weighted by molar-refractivity contribution is -0.131. The highest BCUT2D eigenvalue weighted by molar-refractivity contribution is 5.80. The minimum Gasteiger partial charge on any atom is -0.478 e. The summed E-state index contributed by atoms with van der Waals surface area (Å²) in [6, 6.07) is 0.524. The Kier molecular flexibility index (Phi) is 4.78. The van der Waals surface area contributed by atoms with Gasteiger partial charge in [0.2, 0.25) is 0 Å². The Labute approximate surface area is 90.5 Å². The van der Waals surface area contributed by atoms with Gasteiger partial charge in [0.15, 0.2) is 0 Å². The van der Waals surface area contributed by atoms with E-state index in [9.17, 15) is 4.79 Å². The quantitative estimate of drug-likeness (QED) is 0.711. The largest absolute Gasteiger partial charge is 0.478 e. The molecule has 4 heteroatoms. The van der Waals surface area contributed by atoms with E-state index < -0.39 is 5.97 Å². The number of likely N-dealkylation sites (N-methyl/N-ethyl adjacent to an activating group) is 1. The van der Waals surface area contributed by atoms with Gasteiger partial charge in [0, 0.05) is 31.9 Å². The maximum atomic E-state index is 10.5. The second kappa shape index (κ2) is 5.88. The van der Waals surface area contributed by atoms with Crippen molar-refractivity contribution in [3.05, 3.63) is 11.6 Å². The first-order valence-corrected chi connectivity index (χ1v) is 5.27. The van der Waals surface area contributed by atoms with E-state index in [0.29, 0.717) is 6.04 Å². The van der Waals surface area contributed by atoms with Crippen LogP contribution in [0, 0.1) is 0 Å². The van der Waals surface area contributed by atoms with Gasteiger partial charge in [0.1, 0.15) is 0 Å². The normalized spacial score (nSPS) is 19.5. The second-order valence-corrected chi connectivity index (χ2v) is 4.09. The minimum atomic E-state index is -0.868. The Morgan fingerprint density at radius 3 is 2.67 bits per heavy atom. The molecule has 1 N–H and O–H groups in total. The number of ether oxygens (including phenoxy) is 1. The van der Waals surface area contributed by atoms with E-state index in [1.54, 1.807) is 0 Å². The minimum absolute atomic E-state index is 0.524. The third kappa shape index (κ3) is 4.44. The number of aliphatic carboxylic acids is 1. The molecule has 15 heavy (non-hydrogen) atoms. The van der Waals surface area contributed by atoms with Crippen LogP contribution in [0.5, 0.6) is 0 Å². The molecule has 0 radical (unpaired) electrons. The molecule has 0 aromatic heterocycles. The number of hydrogen-bond donors (Lipinski definition) is 1.